The van der Waals surface area contributed by atoms with Crippen LogP contribution < -0.4 is 4.74 Å². The van der Waals surface area contributed by atoms with Crippen LogP contribution in [0.1, 0.15) is 12.5 Å². The molecule has 2 heterocycles. The van der Waals surface area contributed by atoms with Gasteiger partial charge in [0.05, 0.1) is 19.7 Å². The van der Waals surface area contributed by atoms with Crippen molar-refractivity contribution in [2.45, 2.75) is 19.2 Å². The number of carbonyl (C=O) groups excluding carboxylic acids is 2. The van der Waals surface area contributed by atoms with Crippen molar-refractivity contribution in [3.05, 3.63) is 23.9 Å². The SMILES string of the molecule is CCOC(=O)C(=O)N1CC(Oc2ncccc2C(F)(F)F)C1. The van der Waals surface area contributed by atoms with E-state index in [0.29, 0.717) is 0 Å². The van der Waals surface area contributed by atoms with Crippen LogP contribution in [0.25, 0.3) is 0 Å². The van der Waals surface area contributed by atoms with Crippen molar-refractivity contribution >= 4 is 11.9 Å². The van der Waals surface area contributed by atoms with E-state index in [-0.39, 0.29) is 19.7 Å². The van der Waals surface area contributed by atoms with Crippen molar-refractivity contribution in [1.82, 2.24) is 9.88 Å². The fourth-order valence-corrected chi connectivity index (χ4v) is 1.86. The van der Waals surface area contributed by atoms with Crippen LogP contribution in [-0.4, -0.2) is 47.6 Å². The van der Waals surface area contributed by atoms with Gasteiger partial charge in [0.15, 0.2) is 0 Å². The first-order valence-corrected chi connectivity index (χ1v) is 6.47. The van der Waals surface area contributed by atoms with Crippen LogP contribution in [0.15, 0.2) is 18.3 Å². The average molecular weight is 318 g/mol. The number of rotatable bonds is 3. The molecule has 0 saturated carbocycles. The molecule has 120 valence electrons. The van der Waals surface area contributed by atoms with E-state index >= 15 is 0 Å². The van der Waals surface area contributed by atoms with Gasteiger partial charge in [-0.15, -0.1) is 0 Å². The van der Waals surface area contributed by atoms with Gasteiger partial charge in [-0.2, -0.15) is 13.2 Å². The van der Waals surface area contributed by atoms with Crippen molar-refractivity contribution in [1.29, 1.82) is 0 Å². The first-order valence-electron chi connectivity index (χ1n) is 6.47. The Bertz CT molecular complexity index is 571. The molecule has 1 aromatic heterocycles. The number of nitrogens with zero attached hydrogens (tertiary/aromatic N) is 2. The van der Waals surface area contributed by atoms with Crippen molar-refractivity contribution < 1.29 is 32.2 Å². The molecule has 0 unspecified atom stereocenters. The van der Waals surface area contributed by atoms with Crippen molar-refractivity contribution in [3.8, 4) is 5.88 Å². The van der Waals surface area contributed by atoms with Gasteiger partial charge in [-0.25, -0.2) is 9.78 Å². The summed E-state index contributed by atoms with van der Waals surface area (Å²) in [5.41, 5.74) is -0.981. The molecule has 0 bridgehead atoms. The molecule has 1 fully saturated rings. The number of likely N-dealkylation sites (tertiary alicyclic amines) is 1. The number of amides is 1. The maximum absolute atomic E-state index is 12.8. The lowest BCUT2D eigenvalue weighted by molar-refractivity contribution is -0.164. The zero-order valence-corrected chi connectivity index (χ0v) is 11.6. The Balaban J connectivity index is 1.94. The Morgan fingerprint density at radius 3 is 2.68 bits per heavy atom. The summed E-state index contributed by atoms with van der Waals surface area (Å²) in [5, 5.41) is 0. The van der Waals surface area contributed by atoms with Crippen LogP contribution in [0, 0.1) is 0 Å². The lowest BCUT2D eigenvalue weighted by atomic mass is 10.1. The highest BCUT2D eigenvalue weighted by Crippen LogP contribution is 2.35. The first-order chi connectivity index (χ1) is 10.3. The number of esters is 1. The van der Waals surface area contributed by atoms with Gasteiger partial charge in [0.25, 0.3) is 0 Å². The van der Waals surface area contributed by atoms with Crippen LogP contribution >= 0.6 is 0 Å². The second kappa shape index (κ2) is 6.20. The van der Waals surface area contributed by atoms with Crippen molar-refractivity contribution in [3.63, 3.8) is 0 Å². The van der Waals surface area contributed by atoms with E-state index in [0.717, 1.165) is 17.0 Å². The highest BCUT2D eigenvalue weighted by molar-refractivity contribution is 6.32. The van der Waals surface area contributed by atoms with Gasteiger partial charge in [0.1, 0.15) is 11.7 Å². The molecule has 0 radical (unpaired) electrons. The molecule has 0 aromatic carbocycles. The number of hydrogen-bond acceptors (Lipinski definition) is 5. The van der Waals surface area contributed by atoms with Crippen molar-refractivity contribution in [2.24, 2.45) is 0 Å². The summed E-state index contributed by atoms with van der Waals surface area (Å²) in [5.74, 6) is -2.36. The van der Waals surface area contributed by atoms with Crippen molar-refractivity contribution in [2.75, 3.05) is 19.7 Å². The Morgan fingerprint density at radius 2 is 2.09 bits per heavy atom. The van der Waals surface area contributed by atoms with Crippen LogP contribution in [-0.2, 0) is 20.5 Å². The average Bonchev–Trinajstić information content (AvgIpc) is 2.41. The van der Waals surface area contributed by atoms with Crippen LogP contribution in [0.4, 0.5) is 13.2 Å². The molecule has 2 rings (SSSR count). The molecule has 9 heteroatoms. The van der Waals surface area contributed by atoms with E-state index in [2.05, 4.69) is 9.72 Å². The van der Waals surface area contributed by atoms with Gasteiger partial charge in [0, 0.05) is 6.20 Å². The number of alkyl halides is 3. The second-order valence-corrected chi connectivity index (χ2v) is 4.52. The normalized spacial score (nSPS) is 15.2. The molecule has 1 aliphatic rings. The summed E-state index contributed by atoms with van der Waals surface area (Å²) in [7, 11) is 0. The number of aromatic nitrogens is 1. The van der Waals surface area contributed by atoms with Gasteiger partial charge in [-0.05, 0) is 19.1 Å². The van der Waals surface area contributed by atoms with Gasteiger partial charge < -0.3 is 14.4 Å². The zero-order chi connectivity index (χ0) is 16.3. The maximum atomic E-state index is 12.8. The minimum absolute atomic E-state index is 0.00548. The smallest absolute Gasteiger partial charge is 0.421 e. The van der Waals surface area contributed by atoms with Crippen LogP contribution in [0.3, 0.4) is 0 Å². The summed E-state index contributed by atoms with van der Waals surface area (Å²) in [6.45, 7) is 1.64. The molecular formula is C13H13F3N2O4. The molecular weight excluding hydrogens is 305 g/mol. The first kappa shape index (κ1) is 16.1. The highest BCUT2D eigenvalue weighted by atomic mass is 19.4. The monoisotopic (exact) mass is 318 g/mol. The minimum Gasteiger partial charge on any atom is -0.470 e. The molecule has 0 aliphatic carbocycles. The molecule has 0 atom stereocenters. The van der Waals surface area contributed by atoms with Crippen LogP contribution in [0.2, 0.25) is 0 Å². The molecule has 1 aromatic rings. The molecule has 22 heavy (non-hydrogen) atoms. The molecule has 0 spiro atoms. The Hall–Kier alpha value is -2.32. The van der Waals surface area contributed by atoms with E-state index in [4.69, 9.17) is 4.74 Å². The quantitative estimate of drug-likeness (QED) is 0.620. The fourth-order valence-electron chi connectivity index (χ4n) is 1.86. The third-order valence-electron chi connectivity index (χ3n) is 2.94. The largest absolute Gasteiger partial charge is 0.470 e. The number of hydrogen-bond donors (Lipinski definition) is 0. The summed E-state index contributed by atoms with van der Waals surface area (Å²) in [6.07, 6.45) is -4.03. The van der Waals surface area contributed by atoms with Gasteiger partial charge in [-0.1, -0.05) is 0 Å². The molecule has 6 nitrogen and oxygen atoms in total. The number of pyridine rings is 1. The third-order valence-corrected chi connectivity index (χ3v) is 2.94. The Labute approximate surface area is 123 Å². The zero-order valence-electron chi connectivity index (χ0n) is 11.6. The molecule has 1 amide bonds. The topological polar surface area (TPSA) is 68.7 Å². The van der Waals surface area contributed by atoms with E-state index in [1.807, 2.05) is 0 Å². The third kappa shape index (κ3) is 3.46. The summed E-state index contributed by atoms with van der Waals surface area (Å²) in [4.78, 5) is 27.5. The number of halogens is 3. The number of carbonyl (C=O) groups is 2. The minimum atomic E-state index is -4.58. The van der Waals surface area contributed by atoms with Gasteiger partial charge in [0.2, 0.25) is 5.88 Å². The van der Waals surface area contributed by atoms with Gasteiger partial charge >= 0.3 is 18.1 Å². The highest BCUT2D eigenvalue weighted by Gasteiger charge is 2.39. The number of ether oxygens (including phenoxy) is 2. The molecule has 1 saturated heterocycles. The summed E-state index contributed by atoms with van der Waals surface area (Å²) >= 11 is 0. The lowest BCUT2D eigenvalue weighted by Gasteiger charge is -2.38. The van der Waals surface area contributed by atoms with E-state index in [9.17, 15) is 22.8 Å². The fraction of sp³-hybridized carbons (Fsp3) is 0.462. The van der Waals surface area contributed by atoms with E-state index in [1.165, 1.54) is 6.20 Å². The molecule has 1 aliphatic heterocycles. The maximum Gasteiger partial charge on any atom is 0.421 e. The Morgan fingerprint density at radius 1 is 1.41 bits per heavy atom. The summed E-state index contributed by atoms with van der Waals surface area (Å²) in [6, 6.07) is 2.02. The predicted molar refractivity (Wildman–Crippen MR) is 66.9 cm³/mol. The van der Waals surface area contributed by atoms with Crippen LogP contribution in [0.5, 0.6) is 5.88 Å². The summed E-state index contributed by atoms with van der Waals surface area (Å²) < 4.78 is 48.0. The standard InChI is InChI=1S/C13H13F3N2O4/c1-2-21-12(20)11(19)18-6-8(7-18)22-10-9(13(14,15)16)4-3-5-17-10/h3-5,8H,2,6-7H2,1H3. The van der Waals surface area contributed by atoms with Gasteiger partial charge in [-0.3, -0.25) is 4.79 Å². The molecule has 0 N–H and O–H groups in total. The second-order valence-electron chi connectivity index (χ2n) is 4.52. The lowest BCUT2D eigenvalue weighted by Crippen LogP contribution is -2.58. The Kier molecular flexibility index (Phi) is 4.53. The predicted octanol–water partition coefficient (Wildman–Crippen LogP) is 1.25. The van der Waals surface area contributed by atoms with E-state index in [1.54, 1.807) is 6.92 Å². The van der Waals surface area contributed by atoms with E-state index < -0.39 is 35.6 Å².